The second-order valence-corrected chi connectivity index (χ2v) is 6.57. The van der Waals surface area contributed by atoms with Crippen molar-refractivity contribution in [3.63, 3.8) is 0 Å². The Bertz CT molecular complexity index is 587. The third kappa shape index (κ3) is 4.07. The van der Waals surface area contributed by atoms with Crippen molar-refractivity contribution in [3.8, 4) is 5.75 Å². The van der Waals surface area contributed by atoms with Gasteiger partial charge in [0.1, 0.15) is 5.75 Å². The summed E-state index contributed by atoms with van der Waals surface area (Å²) < 4.78 is 6.10. The normalized spacial score (nSPS) is 16.8. The predicted octanol–water partition coefficient (Wildman–Crippen LogP) is 5.60. The molecule has 1 aliphatic carbocycles. The molecule has 2 aromatic rings. The van der Waals surface area contributed by atoms with Crippen LogP contribution in [0.5, 0.6) is 5.75 Å². The maximum Gasteiger partial charge on any atom is 0.169 e. The summed E-state index contributed by atoms with van der Waals surface area (Å²) in [4.78, 5) is 2.15. The Morgan fingerprint density at radius 3 is 2.22 bits per heavy atom. The molecule has 1 aliphatic rings. The first kappa shape index (κ1) is 15.9. The number of benzene rings is 2. The fraction of sp³-hybridized carbons (Fsp3) is 0.429. The molecule has 122 valence electrons. The van der Waals surface area contributed by atoms with Crippen LogP contribution in [0.25, 0.3) is 0 Å². The zero-order valence-electron chi connectivity index (χ0n) is 14.2. The van der Waals surface area contributed by atoms with E-state index in [0.717, 1.165) is 11.7 Å². The molecule has 0 saturated heterocycles. The van der Waals surface area contributed by atoms with Crippen LogP contribution in [0.3, 0.4) is 0 Å². The molecule has 0 bridgehead atoms. The van der Waals surface area contributed by atoms with E-state index < -0.39 is 0 Å². The van der Waals surface area contributed by atoms with Crippen molar-refractivity contribution >= 4 is 5.69 Å². The van der Waals surface area contributed by atoms with Gasteiger partial charge in [0.05, 0.1) is 0 Å². The third-order valence-electron chi connectivity index (χ3n) is 4.97. The molecule has 0 spiro atoms. The van der Waals surface area contributed by atoms with E-state index in [1.54, 1.807) is 0 Å². The minimum Gasteiger partial charge on any atom is -0.471 e. The molecule has 0 radical (unpaired) electrons. The van der Waals surface area contributed by atoms with E-state index in [2.05, 4.69) is 67.4 Å². The molecular formula is C21H27NO. The van der Waals surface area contributed by atoms with Crippen molar-refractivity contribution in [2.24, 2.45) is 0 Å². The quantitative estimate of drug-likeness (QED) is 0.667. The molecule has 1 unspecified atom stereocenters. The monoisotopic (exact) mass is 309 g/mol. The predicted molar refractivity (Wildman–Crippen MR) is 97.2 cm³/mol. The van der Waals surface area contributed by atoms with E-state index >= 15 is 0 Å². The van der Waals surface area contributed by atoms with Gasteiger partial charge < -0.3 is 9.64 Å². The molecule has 2 heteroatoms. The van der Waals surface area contributed by atoms with Crippen LogP contribution < -0.4 is 9.64 Å². The number of hydrogen-bond donors (Lipinski definition) is 0. The summed E-state index contributed by atoms with van der Waals surface area (Å²) in [6.07, 6.45) is 6.84. The van der Waals surface area contributed by atoms with Gasteiger partial charge in [-0.2, -0.15) is 0 Å². The van der Waals surface area contributed by atoms with Crippen molar-refractivity contribution in [1.82, 2.24) is 0 Å². The first-order chi connectivity index (χ1) is 11.2. The Morgan fingerprint density at radius 1 is 0.913 bits per heavy atom. The second-order valence-electron chi connectivity index (χ2n) is 6.57. The fourth-order valence-corrected chi connectivity index (χ4v) is 3.40. The first-order valence-electron chi connectivity index (χ1n) is 8.78. The standard InChI is InChI=1S/C21H27NO/c1-17(22(2)20-11-7-4-8-12-20)23-21-15-13-19(14-16-21)18-9-5-3-6-10-18/h4,7-8,11-18H,3,5-6,9-10H2,1-2H3. The number of nitrogens with zero attached hydrogens (tertiary/aromatic N) is 1. The molecule has 0 heterocycles. The maximum absolute atomic E-state index is 6.10. The summed E-state index contributed by atoms with van der Waals surface area (Å²) in [5.41, 5.74) is 2.64. The Hall–Kier alpha value is -1.96. The lowest BCUT2D eigenvalue weighted by molar-refractivity contribution is 0.221. The lowest BCUT2D eigenvalue weighted by Gasteiger charge is -2.28. The number of rotatable bonds is 5. The third-order valence-corrected chi connectivity index (χ3v) is 4.97. The molecule has 1 atom stereocenters. The lowest BCUT2D eigenvalue weighted by atomic mass is 9.84. The topological polar surface area (TPSA) is 12.5 Å². The van der Waals surface area contributed by atoms with E-state index in [0.29, 0.717) is 0 Å². The smallest absolute Gasteiger partial charge is 0.169 e. The van der Waals surface area contributed by atoms with E-state index in [-0.39, 0.29) is 6.23 Å². The first-order valence-corrected chi connectivity index (χ1v) is 8.78. The van der Waals surface area contributed by atoms with Crippen LogP contribution in [-0.2, 0) is 0 Å². The molecule has 0 amide bonds. The minimum absolute atomic E-state index is 0.00192. The summed E-state index contributed by atoms with van der Waals surface area (Å²) >= 11 is 0. The van der Waals surface area contributed by atoms with Crippen LogP contribution >= 0.6 is 0 Å². The maximum atomic E-state index is 6.10. The van der Waals surface area contributed by atoms with Gasteiger partial charge in [-0.25, -0.2) is 0 Å². The zero-order valence-corrected chi connectivity index (χ0v) is 14.2. The highest BCUT2D eigenvalue weighted by Gasteiger charge is 2.16. The van der Waals surface area contributed by atoms with Gasteiger partial charge >= 0.3 is 0 Å². The van der Waals surface area contributed by atoms with Gasteiger partial charge in [-0.15, -0.1) is 0 Å². The largest absolute Gasteiger partial charge is 0.471 e. The average Bonchev–Trinajstić information content (AvgIpc) is 2.63. The fourth-order valence-electron chi connectivity index (χ4n) is 3.40. The highest BCUT2D eigenvalue weighted by molar-refractivity contribution is 5.45. The molecular weight excluding hydrogens is 282 g/mol. The molecule has 23 heavy (non-hydrogen) atoms. The highest BCUT2D eigenvalue weighted by Crippen LogP contribution is 2.33. The molecule has 2 aromatic carbocycles. The highest BCUT2D eigenvalue weighted by atomic mass is 16.5. The summed E-state index contributed by atoms with van der Waals surface area (Å²) in [6, 6.07) is 19.1. The Kier molecular flexibility index (Phi) is 5.22. The Balaban J connectivity index is 1.61. The van der Waals surface area contributed by atoms with Gasteiger partial charge in [0, 0.05) is 12.7 Å². The summed E-state index contributed by atoms with van der Waals surface area (Å²) in [6.45, 7) is 2.09. The van der Waals surface area contributed by atoms with Crippen molar-refractivity contribution in [3.05, 3.63) is 60.2 Å². The number of hydrogen-bond acceptors (Lipinski definition) is 2. The van der Waals surface area contributed by atoms with Gasteiger partial charge in [0.15, 0.2) is 6.23 Å². The van der Waals surface area contributed by atoms with Crippen LogP contribution in [0, 0.1) is 0 Å². The van der Waals surface area contributed by atoms with Gasteiger partial charge in [0.2, 0.25) is 0 Å². The van der Waals surface area contributed by atoms with Crippen LogP contribution in [0.1, 0.15) is 50.5 Å². The van der Waals surface area contributed by atoms with Crippen LogP contribution in [0.2, 0.25) is 0 Å². The van der Waals surface area contributed by atoms with E-state index in [1.165, 1.54) is 43.4 Å². The Morgan fingerprint density at radius 2 is 1.57 bits per heavy atom. The zero-order chi connectivity index (χ0) is 16.1. The van der Waals surface area contributed by atoms with Crippen molar-refractivity contribution in [2.45, 2.75) is 51.2 Å². The molecule has 1 fully saturated rings. The van der Waals surface area contributed by atoms with Crippen LogP contribution in [0.4, 0.5) is 5.69 Å². The SMILES string of the molecule is CC(Oc1ccc(C2CCCCC2)cc1)N(C)c1ccccc1. The van der Waals surface area contributed by atoms with Gasteiger partial charge in [-0.05, 0) is 55.5 Å². The molecule has 0 aliphatic heterocycles. The summed E-state index contributed by atoms with van der Waals surface area (Å²) in [7, 11) is 2.07. The van der Waals surface area contributed by atoms with E-state index in [1.807, 2.05) is 6.07 Å². The van der Waals surface area contributed by atoms with Crippen LogP contribution in [-0.4, -0.2) is 13.3 Å². The average molecular weight is 309 g/mol. The molecule has 1 saturated carbocycles. The number of para-hydroxylation sites is 1. The van der Waals surface area contributed by atoms with Gasteiger partial charge in [-0.1, -0.05) is 49.6 Å². The summed E-state index contributed by atoms with van der Waals surface area (Å²) in [5, 5.41) is 0. The Labute approximate surface area is 140 Å². The number of ether oxygens (including phenoxy) is 1. The lowest BCUT2D eigenvalue weighted by Crippen LogP contribution is -2.33. The van der Waals surface area contributed by atoms with Gasteiger partial charge in [0.25, 0.3) is 0 Å². The van der Waals surface area contributed by atoms with Crippen molar-refractivity contribution in [1.29, 1.82) is 0 Å². The molecule has 2 nitrogen and oxygen atoms in total. The summed E-state index contributed by atoms with van der Waals surface area (Å²) in [5.74, 6) is 1.70. The van der Waals surface area contributed by atoms with E-state index in [4.69, 9.17) is 4.74 Å². The minimum atomic E-state index is -0.00192. The van der Waals surface area contributed by atoms with Gasteiger partial charge in [-0.3, -0.25) is 0 Å². The molecule has 0 N–H and O–H groups in total. The van der Waals surface area contributed by atoms with E-state index in [9.17, 15) is 0 Å². The molecule has 3 rings (SSSR count). The number of anilines is 1. The second kappa shape index (κ2) is 7.54. The van der Waals surface area contributed by atoms with Crippen molar-refractivity contribution < 1.29 is 4.74 Å². The van der Waals surface area contributed by atoms with Crippen molar-refractivity contribution in [2.75, 3.05) is 11.9 Å². The van der Waals surface area contributed by atoms with Crippen LogP contribution in [0.15, 0.2) is 54.6 Å². The molecule has 0 aromatic heterocycles.